The Morgan fingerprint density at radius 3 is 2.62 bits per heavy atom. The van der Waals surface area contributed by atoms with Gasteiger partial charge in [0.05, 0.1) is 5.39 Å². The van der Waals surface area contributed by atoms with Crippen molar-refractivity contribution >= 4 is 27.4 Å². The van der Waals surface area contributed by atoms with E-state index in [9.17, 15) is 0 Å². The molecule has 0 atom stereocenters. The highest BCUT2D eigenvalue weighted by Crippen LogP contribution is 2.43. The van der Waals surface area contributed by atoms with Gasteiger partial charge in [0.1, 0.15) is 16.2 Å². The van der Waals surface area contributed by atoms with Gasteiger partial charge >= 0.3 is 0 Å². The Bertz CT molecular complexity index is 688. The minimum absolute atomic E-state index is 0.313. The predicted molar refractivity (Wildman–Crippen MR) is 85.6 cm³/mol. The smallest absolute Gasteiger partial charge is 0.164 e. The van der Waals surface area contributed by atoms with E-state index in [0.717, 1.165) is 35.3 Å². The highest BCUT2D eigenvalue weighted by molar-refractivity contribution is 7.19. The molecule has 2 aliphatic carbocycles. The summed E-state index contributed by atoms with van der Waals surface area (Å²) in [6, 6.07) is 0. The Balaban J connectivity index is 1.89. The summed E-state index contributed by atoms with van der Waals surface area (Å²) < 4.78 is 5.81. The van der Waals surface area contributed by atoms with Crippen LogP contribution in [0.4, 0.5) is 5.82 Å². The molecule has 2 aromatic heterocycles. The second-order valence-corrected chi connectivity index (χ2v) is 7.31. The van der Waals surface area contributed by atoms with Gasteiger partial charge in [0, 0.05) is 12.0 Å². The third kappa shape index (κ3) is 1.98. The first kappa shape index (κ1) is 13.5. The van der Waals surface area contributed by atoms with Crippen LogP contribution in [0.25, 0.3) is 10.2 Å². The summed E-state index contributed by atoms with van der Waals surface area (Å²) in [5, 5.41) is 1.11. The Kier molecular flexibility index (Phi) is 3.15. The van der Waals surface area contributed by atoms with Crippen LogP contribution in [0.1, 0.15) is 54.8 Å². The van der Waals surface area contributed by atoms with Crippen LogP contribution in [-0.4, -0.2) is 17.1 Å². The predicted octanol–water partition coefficient (Wildman–Crippen LogP) is 3.57. The molecule has 0 amide bonds. The van der Waals surface area contributed by atoms with E-state index in [-0.39, 0.29) is 5.60 Å². The Hall–Kier alpha value is -1.20. The third-order valence-corrected chi connectivity index (χ3v) is 6.24. The molecular weight excluding hydrogens is 282 g/mol. The van der Waals surface area contributed by atoms with Crippen molar-refractivity contribution in [2.45, 2.75) is 57.0 Å². The summed E-state index contributed by atoms with van der Waals surface area (Å²) >= 11 is 1.81. The van der Waals surface area contributed by atoms with Gasteiger partial charge in [-0.1, -0.05) is 0 Å². The number of nitrogens with two attached hydrogens (primary N) is 1. The molecule has 2 N–H and O–H groups in total. The van der Waals surface area contributed by atoms with E-state index >= 15 is 0 Å². The fourth-order valence-corrected chi connectivity index (χ4v) is 5.12. The van der Waals surface area contributed by atoms with E-state index in [1.165, 1.54) is 42.5 Å². The van der Waals surface area contributed by atoms with E-state index < -0.39 is 0 Å². The summed E-state index contributed by atoms with van der Waals surface area (Å²) in [5.41, 5.74) is 7.40. The maximum absolute atomic E-state index is 6.31. The van der Waals surface area contributed by atoms with Crippen molar-refractivity contribution in [2.75, 3.05) is 12.8 Å². The quantitative estimate of drug-likeness (QED) is 0.921. The number of nitrogen functional groups attached to an aromatic ring is 1. The van der Waals surface area contributed by atoms with Crippen LogP contribution in [0.15, 0.2) is 0 Å². The minimum Gasteiger partial charge on any atom is -0.383 e. The number of thiophene rings is 1. The standard InChI is InChI=1S/C16H21N3OS/c1-20-16(8-4-5-9-16)15-18-13(17)12-10-6-2-3-7-11(10)21-14(12)19-15/h2-9H2,1H3,(H2,17,18,19). The topological polar surface area (TPSA) is 61.0 Å². The monoisotopic (exact) mass is 303 g/mol. The summed E-state index contributed by atoms with van der Waals surface area (Å²) in [7, 11) is 1.77. The summed E-state index contributed by atoms with van der Waals surface area (Å²) in [6.45, 7) is 0. The van der Waals surface area contributed by atoms with Gasteiger partial charge in [-0.25, -0.2) is 9.97 Å². The number of hydrogen-bond donors (Lipinski definition) is 1. The van der Waals surface area contributed by atoms with Crippen LogP contribution in [0.3, 0.4) is 0 Å². The van der Waals surface area contributed by atoms with Crippen LogP contribution in [0.2, 0.25) is 0 Å². The zero-order valence-electron chi connectivity index (χ0n) is 12.4. The highest BCUT2D eigenvalue weighted by atomic mass is 32.1. The van der Waals surface area contributed by atoms with E-state index in [4.69, 9.17) is 15.5 Å². The van der Waals surface area contributed by atoms with Gasteiger partial charge in [-0.15, -0.1) is 11.3 Å². The molecule has 4 rings (SSSR count). The van der Waals surface area contributed by atoms with E-state index in [1.807, 2.05) is 11.3 Å². The third-order valence-electron chi connectivity index (χ3n) is 5.05. The first-order chi connectivity index (χ1) is 10.2. The highest BCUT2D eigenvalue weighted by Gasteiger charge is 2.39. The summed E-state index contributed by atoms with van der Waals surface area (Å²) in [6.07, 6.45) is 9.17. The Morgan fingerprint density at radius 2 is 1.86 bits per heavy atom. The SMILES string of the molecule is COC1(c2nc(N)c3c4c(sc3n2)CCCC4)CCCC1. The van der Waals surface area contributed by atoms with Gasteiger partial charge in [0.25, 0.3) is 0 Å². The molecule has 1 saturated carbocycles. The fourth-order valence-electron chi connectivity index (χ4n) is 3.85. The summed E-state index contributed by atoms with van der Waals surface area (Å²) in [5.74, 6) is 1.45. The molecule has 0 unspecified atom stereocenters. The molecule has 0 bridgehead atoms. The van der Waals surface area contributed by atoms with Crippen LogP contribution in [0.5, 0.6) is 0 Å². The van der Waals surface area contributed by atoms with Crippen LogP contribution >= 0.6 is 11.3 Å². The number of aromatic nitrogens is 2. The molecule has 0 aliphatic heterocycles. The summed E-state index contributed by atoms with van der Waals surface area (Å²) in [4.78, 5) is 12.1. The van der Waals surface area contributed by atoms with Crippen molar-refractivity contribution in [3.63, 3.8) is 0 Å². The number of methoxy groups -OCH3 is 1. The van der Waals surface area contributed by atoms with Crippen molar-refractivity contribution in [3.8, 4) is 0 Å². The van der Waals surface area contributed by atoms with Gasteiger partial charge in [-0.2, -0.15) is 0 Å². The zero-order valence-corrected chi connectivity index (χ0v) is 13.3. The average Bonchev–Trinajstić information content (AvgIpc) is 3.12. The number of anilines is 1. The van der Waals surface area contributed by atoms with E-state index in [1.54, 1.807) is 7.11 Å². The zero-order chi connectivity index (χ0) is 14.4. The molecule has 1 fully saturated rings. The molecule has 0 aromatic carbocycles. The van der Waals surface area contributed by atoms with Gasteiger partial charge in [0.15, 0.2) is 5.82 Å². The molecule has 21 heavy (non-hydrogen) atoms. The number of rotatable bonds is 2. The normalized spacial score (nSPS) is 20.8. The van der Waals surface area contributed by atoms with Crippen molar-refractivity contribution in [2.24, 2.45) is 0 Å². The molecule has 0 spiro atoms. The molecule has 2 aromatic rings. The largest absolute Gasteiger partial charge is 0.383 e. The van der Waals surface area contributed by atoms with Gasteiger partial charge in [-0.3, -0.25) is 0 Å². The molecule has 5 heteroatoms. The number of fused-ring (bicyclic) bond motifs is 3. The first-order valence-electron chi connectivity index (χ1n) is 7.87. The maximum atomic E-state index is 6.31. The minimum atomic E-state index is -0.313. The second-order valence-electron chi connectivity index (χ2n) is 6.23. The second kappa shape index (κ2) is 4.92. The Morgan fingerprint density at radius 1 is 1.10 bits per heavy atom. The van der Waals surface area contributed by atoms with Crippen molar-refractivity contribution in [1.82, 2.24) is 9.97 Å². The molecule has 2 aliphatic rings. The molecule has 0 radical (unpaired) electrons. The van der Waals surface area contributed by atoms with Crippen molar-refractivity contribution < 1.29 is 4.74 Å². The average molecular weight is 303 g/mol. The number of ether oxygens (including phenoxy) is 1. The van der Waals surface area contributed by atoms with Crippen LogP contribution in [-0.2, 0) is 23.2 Å². The van der Waals surface area contributed by atoms with E-state index in [0.29, 0.717) is 5.82 Å². The van der Waals surface area contributed by atoms with Crippen molar-refractivity contribution in [1.29, 1.82) is 0 Å². The van der Waals surface area contributed by atoms with Gasteiger partial charge in [0.2, 0.25) is 0 Å². The molecule has 0 saturated heterocycles. The lowest BCUT2D eigenvalue weighted by Crippen LogP contribution is -2.27. The lowest BCUT2D eigenvalue weighted by molar-refractivity contribution is -0.0158. The lowest BCUT2D eigenvalue weighted by Gasteiger charge is -2.25. The molecule has 4 nitrogen and oxygen atoms in total. The fraction of sp³-hybridized carbons (Fsp3) is 0.625. The van der Waals surface area contributed by atoms with Gasteiger partial charge in [-0.05, 0) is 56.9 Å². The Labute approximate surface area is 128 Å². The van der Waals surface area contributed by atoms with Crippen LogP contribution < -0.4 is 5.73 Å². The lowest BCUT2D eigenvalue weighted by atomic mass is 9.96. The molecule has 112 valence electrons. The first-order valence-corrected chi connectivity index (χ1v) is 8.68. The van der Waals surface area contributed by atoms with E-state index in [2.05, 4.69) is 4.98 Å². The molecule has 2 heterocycles. The molecular formula is C16H21N3OS. The van der Waals surface area contributed by atoms with Crippen molar-refractivity contribution in [3.05, 3.63) is 16.3 Å². The number of aryl methyl sites for hydroxylation is 2. The van der Waals surface area contributed by atoms with Gasteiger partial charge < -0.3 is 10.5 Å². The van der Waals surface area contributed by atoms with Crippen LogP contribution in [0, 0.1) is 0 Å². The number of hydrogen-bond acceptors (Lipinski definition) is 5. The maximum Gasteiger partial charge on any atom is 0.164 e. The number of nitrogens with zero attached hydrogens (tertiary/aromatic N) is 2.